The number of benzene rings is 5. The molecule has 1 heterocycles. The molecule has 5 aromatic carbocycles. The predicted octanol–water partition coefficient (Wildman–Crippen LogP) is 8.09. The van der Waals surface area contributed by atoms with Crippen molar-refractivity contribution in [3.63, 3.8) is 0 Å². The molecular formula is C32H25ClN4. The minimum Gasteiger partial charge on any atom is -0.193 e. The molecule has 0 bridgehead atoms. The summed E-state index contributed by atoms with van der Waals surface area (Å²) >= 11 is 5.90. The van der Waals surface area contributed by atoms with E-state index >= 15 is 0 Å². The van der Waals surface area contributed by atoms with Crippen LogP contribution in [0.25, 0.3) is 39.3 Å². The average Bonchev–Trinajstić information content (AvgIpc) is 3.49. The van der Waals surface area contributed by atoms with Crippen LogP contribution >= 0.6 is 11.6 Å². The Hall–Kier alpha value is -4.54. The summed E-state index contributed by atoms with van der Waals surface area (Å²) in [7, 11) is 0. The number of aromatic nitrogens is 4. The van der Waals surface area contributed by atoms with Gasteiger partial charge < -0.3 is 0 Å². The zero-order chi connectivity index (χ0) is 25.3. The first-order chi connectivity index (χ1) is 18.3. The van der Waals surface area contributed by atoms with Gasteiger partial charge in [-0.25, -0.2) is 0 Å². The molecule has 4 nitrogen and oxygen atoms in total. The summed E-state index contributed by atoms with van der Waals surface area (Å²) < 4.78 is 1.76. The first-order valence-corrected chi connectivity index (χ1v) is 12.6. The van der Waals surface area contributed by atoms with E-state index < -0.39 is 0 Å². The van der Waals surface area contributed by atoms with Crippen LogP contribution in [0.4, 0.5) is 0 Å². The molecule has 0 unspecified atom stereocenters. The Morgan fingerprint density at radius 3 is 1.59 bits per heavy atom. The van der Waals surface area contributed by atoms with Gasteiger partial charge >= 0.3 is 0 Å². The topological polar surface area (TPSA) is 43.6 Å². The van der Waals surface area contributed by atoms with E-state index in [1.54, 1.807) is 4.68 Å². The van der Waals surface area contributed by atoms with Crippen LogP contribution in [0, 0.1) is 0 Å². The molecule has 0 N–H and O–H groups in total. The smallest absolute Gasteiger partial charge is 0.187 e. The van der Waals surface area contributed by atoms with Crippen LogP contribution in [0.3, 0.4) is 0 Å². The number of alkyl halides is 1. The number of hydrogen-bond donors (Lipinski definition) is 0. The molecule has 0 saturated heterocycles. The number of para-hydroxylation sites is 1. The molecule has 6 aromatic rings. The standard InChI is InChI=1S/C20H15ClN4.C12H10/c21-14-15-10-12-16(13-11-15)18-8-4-5-9-19(18)20-22-23-24-25(20)17-6-2-1-3-7-17;1-3-7-11(8-4-1)12-9-5-2-6-10-12/h1-13H,14H2;1-10H. The highest BCUT2D eigenvalue weighted by atomic mass is 35.5. The van der Waals surface area contributed by atoms with Crippen molar-refractivity contribution in [1.82, 2.24) is 20.2 Å². The van der Waals surface area contributed by atoms with E-state index in [4.69, 9.17) is 11.6 Å². The summed E-state index contributed by atoms with van der Waals surface area (Å²) in [4.78, 5) is 0. The number of tetrazole rings is 1. The maximum absolute atomic E-state index is 5.90. The lowest BCUT2D eigenvalue weighted by Crippen LogP contribution is -2.00. The average molecular weight is 501 g/mol. The van der Waals surface area contributed by atoms with Gasteiger partial charge in [-0.05, 0) is 50.4 Å². The van der Waals surface area contributed by atoms with Crippen LogP contribution in [0.2, 0.25) is 0 Å². The van der Waals surface area contributed by atoms with Gasteiger partial charge in [0.15, 0.2) is 5.82 Å². The van der Waals surface area contributed by atoms with Gasteiger partial charge in [0, 0.05) is 11.4 Å². The minimum atomic E-state index is 0.508. The van der Waals surface area contributed by atoms with Gasteiger partial charge in [0.2, 0.25) is 0 Å². The highest BCUT2D eigenvalue weighted by molar-refractivity contribution is 6.17. The van der Waals surface area contributed by atoms with Crippen molar-refractivity contribution >= 4 is 11.6 Å². The second-order valence-electron chi connectivity index (χ2n) is 8.36. The summed E-state index contributed by atoms with van der Waals surface area (Å²) in [6.07, 6.45) is 0. The first kappa shape index (κ1) is 24.2. The molecule has 0 saturated carbocycles. The molecule has 0 aliphatic rings. The van der Waals surface area contributed by atoms with E-state index in [1.165, 1.54) is 11.1 Å². The molecule has 0 aliphatic heterocycles. The lowest BCUT2D eigenvalue weighted by atomic mass is 9.98. The summed E-state index contributed by atoms with van der Waals surface area (Å²) in [6, 6.07) is 47.0. The van der Waals surface area contributed by atoms with Gasteiger partial charge in [-0.3, -0.25) is 0 Å². The second kappa shape index (κ2) is 11.9. The monoisotopic (exact) mass is 500 g/mol. The molecular weight excluding hydrogens is 476 g/mol. The van der Waals surface area contributed by atoms with Crippen molar-refractivity contribution in [3.8, 4) is 39.3 Å². The third-order valence-electron chi connectivity index (χ3n) is 5.94. The van der Waals surface area contributed by atoms with Gasteiger partial charge in [-0.1, -0.05) is 127 Å². The van der Waals surface area contributed by atoms with E-state index in [0.29, 0.717) is 11.7 Å². The zero-order valence-electron chi connectivity index (χ0n) is 20.2. The fourth-order valence-electron chi connectivity index (χ4n) is 4.06. The number of hydrogen-bond acceptors (Lipinski definition) is 3. The molecule has 0 atom stereocenters. The van der Waals surface area contributed by atoms with Gasteiger partial charge in [-0.2, -0.15) is 4.68 Å². The minimum absolute atomic E-state index is 0.508. The van der Waals surface area contributed by atoms with Crippen molar-refractivity contribution < 1.29 is 0 Å². The van der Waals surface area contributed by atoms with Gasteiger partial charge in [0.25, 0.3) is 0 Å². The molecule has 0 spiro atoms. The Morgan fingerprint density at radius 1 is 0.514 bits per heavy atom. The SMILES string of the molecule is ClCc1ccc(-c2ccccc2-c2nnnn2-c2ccccc2)cc1.c1ccc(-c2ccccc2)cc1. The van der Waals surface area contributed by atoms with Crippen molar-refractivity contribution in [1.29, 1.82) is 0 Å². The molecule has 0 radical (unpaired) electrons. The van der Waals surface area contributed by atoms with Crippen LogP contribution < -0.4 is 0 Å². The van der Waals surface area contributed by atoms with Crippen LogP contribution in [-0.4, -0.2) is 20.2 Å². The maximum Gasteiger partial charge on any atom is 0.187 e. The lowest BCUT2D eigenvalue weighted by molar-refractivity contribution is 0.791. The van der Waals surface area contributed by atoms with E-state index in [-0.39, 0.29) is 0 Å². The predicted molar refractivity (Wildman–Crippen MR) is 151 cm³/mol. The van der Waals surface area contributed by atoms with E-state index in [2.05, 4.69) is 82.3 Å². The number of rotatable bonds is 5. The van der Waals surface area contributed by atoms with Crippen LogP contribution in [-0.2, 0) is 5.88 Å². The molecule has 6 rings (SSSR count). The lowest BCUT2D eigenvalue weighted by Gasteiger charge is -2.10. The van der Waals surface area contributed by atoms with Crippen molar-refractivity contribution in [2.75, 3.05) is 0 Å². The van der Waals surface area contributed by atoms with E-state index in [9.17, 15) is 0 Å². The number of nitrogens with zero attached hydrogens (tertiary/aromatic N) is 4. The molecule has 0 aliphatic carbocycles. The highest BCUT2D eigenvalue weighted by Crippen LogP contribution is 2.31. The first-order valence-electron chi connectivity index (χ1n) is 12.0. The van der Waals surface area contributed by atoms with Crippen molar-refractivity contribution in [3.05, 3.63) is 145 Å². The Morgan fingerprint density at radius 2 is 1.03 bits per heavy atom. The molecule has 0 amide bonds. The second-order valence-corrected chi connectivity index (χ2v) is 8.63. The van der Waals surface area contributed by atoms with Crippen LogP contribution in [0.5, 0.6) is 0 Å². The third-order valence-corrected chi connectivity index (χ3v) is 6.25. The highest BCUT2D eigenvalue weighted by Gasteiger charge is 2.15. The Bertz CT molecular complexity index is 1490. The van der Waals surface area contributed by atoms with Gasteiger partial charge in [0.1, 0.15) is 0 Å². The summed E-state index contributed by atoms with van der Waals surface area (Å²) in [5.74, 6) is 1.22. The fourth-order valence-corrected chi connectivity index (χ4v) is 4.24. The largest absolute Gasteiger partial charge is 0.193 e. The zero-order valence-corrected chi connectivity index (χ0v) is 20.9. The maximum atomic E-state index is 5.90. The Kier molecular flexibility index (Phi) is 7.79. The quantitative estimate of drug-likeness (QED) is 0.225. The molecule has 1 aromatic heterocycles. The van der Waals surface area contributed by atoms with E-state index in [0.717, 1.165) is 27.9 Å². The van der Waals surface area contributed by atoms with Crippen LogP contribution in [0.1, 0.15) is 5.56 Å². The molecule has 37 heavy (non-hydrogen) atoms. The molecule has 0 fully saturated rings. The van der Waals surface area contributed by atoms with Crippen LogP contribution in [0.15, 0.2) is 140 Å². The summed E-state index contributed by atoms with van der Waals surface area (Å²) in [6.45, 7) is 0. The normalized spacial score (nSPS) is 10.4. The van der Waals surface area contributed by atoms with E-state index in [1.807, 2.05) is 72.8 Å². The Labute approximate surface area is 221 Å². The van der Waals surface area contributed by atoms with Crippen molar-refractivity contribution in [2.45, 2.75) is 5.88 Å². The van der Waals surface area contributed by atoms with Gasteiger partial charge in [-0.15, -0.1) is 16.7 Å². The molecule has 5 heteroatoms. The van der Waals surface area contributed by atoms with Gasteiger partial charge in [0.05, 0.1) is 5.69 Å². The number of halogens is 1. The molecule has 180 valence electrons. The third kappa shape index (κ3) is 5.83. The fraction of sp³-hybridized carbons (Fsp3) is 0.0312. The van der Waals surface area contributed by atoms with Crippen molar-refractivity contribution in [2.24, 2.45) is 0 Å². The summed E-state index contributed by atoms with van der Waals surface area (Å²) in [5.41, 5.74) is 7.74. The summed E-state index contributed by atoms with van der Waals surface area (Å²) in [5, 5.41) is 12.3. The Balaban J connectivity index is 0.000000195.